The van der Waals surface area contributed by atoms with Crippen LogP contribution in [0, 0.1) is 0 Å². The highest BCUT2D eigenvalue weighted by atomic mass is 32.2. The van der Waals surface area contributed by atoms with Gasteiger partial charge < -0.3 is 5.32 Å². The Bertz CT molecular complexity index is 330. The largest absolute Gasteiger partial charge is 0.313 e. The van der Waals surface area contributed by atoms with Crippen molar-refractivity contribution in [2.24, 2.45) is 0 Å². The molecule has 1 atom stereocenters. The maximum Gasteiger partial charge on any atom is 0.215 e. The molecule has 0 aliphatic heterocycles. The summed E-state index contributed by atoms with van der Waals surface area (Å²) >= 11 is 1.75. The van der Waals surface area contributed by atoms with E-state index in [0.29, 0.717) is 19.1 Å². The fourth-order valence-electron chi connectivity index (χ4n) is 1.75. The van der Waals surface area contributed by atoms with E-state index in [9.17, 15) is 8.42 Å². The summed E-state index contributed by atoms with van der Waals surface area (Å²) in [6, 6.07) is 0.300. The first-order chi connectivity index (χ1) is 8.73. The molecule has 116 valence electrons. The van der Waals surface area contributed by atoms with Crippen LogP contribution in [-0.4, -0.2) is 43.8 Å². The summed E-state index contributed by atoms with van der Waals surface area (Å²) in [6.45, 7) is 11.0. The van der Waals surface area contributed by atoms with Gasteiger partial charge in [-0.2, -0.15) is 11.8 Å². The third-order valence-corrected chi connectivity index (χ3v) is 7.02. The molecular weight excluding hydrogens is 280 g/mol. The van der Waals surface area contributed by atoms with Crippen LogP contribution < -0.4 is 10.0 Å². The van der Waals surface area contributed by atoms with E-state index in [-0.39, 0.29) is 4.75 Å². The molecule has 0 aliphatic rings. The quantitative estimate of drug-likeness (QED) is 0.649. The van der Waals surface area contributed by atoms with Crippen molar-refractivity contribution in [1.29, 1.82) is 0 Å². The van der Waals surface area contributed by atoms with Crippen LogP contribution in [-0.2, 0) is 10.0 Å². The number of thioether (sulfide) groups is 1. The van der Waals surface area contributed by atoms with Crippen molar-refractivity contribution < 1.29 is 8.42 Å². The predicted molar refractivity (Wildman–Crippen MR) is 86.4 cm³/mol. The molecule has 1 unspecified atom stereocenters. The van der Waals surface area contributed by atoms with Gasteiger partial charge >= 0.3 is 0 Å². The van der Waals surface area contributed by atoms with E-state index >= 15 is 0 Å². The molecule has 0 aromatic rings. The molecule has 4 nitrogen and oxygen atoms in total. The van der Waals surface area contributed by atoms with Crippen LogP contribution in [0.15, 0.2) is 0 Å². The van der Waals surface area contributed by atoms with Gasteiger partial charge in [0.2, 0.25) is 10.0 Å². The average Bonchev–Trinajstić information content (AvgIpc) is 2.38. The predicted octanol–water partition coefficient (Wildman–Crippen LogP) is 2.21. The minimum absolute atomic E-state index is 0.0122. The molecule has 0 amide bonds. The standard InChI is InChI=1S/C13H30N2O2S2/c1-7-13(8-2,18-6)10-15-19(16,17)12(5)9-14-11(3)4/h11-12,14-15H,7-10H2,1-6H3. The number of hydrogen-bond donors (Lipinski definition) is 2. The Balaban J connectivity index is 4.52. The van der Waals surface area contributed by atoms with Crippen molar-refractivity contribution in [2.45, 2.75) is 63.5 Å². The molecule has 0 aromatic heterocycles. The first kappa shape index (κ1) is 19.2. The van der Waals surface area contributed by atoms with Crippen LogP contribution in [0.3, 0.4) is 0 Å². The molecular formula is C13H30N2O2S2. The fraction of sp³-hybridized carbons (Fsp3) is 1.00. The zero-order valence-electron chi connectivity index (χ0n) is 13.1. The van der Waals surface area contributed by atoms with Gasteiger partial charge in [-0.3, -0.25) is 0 Å². The van der Waals surface area contributed by atoms with Crippen LogP contribution in [0.1, 0.15) is 47.5 Å². The summed E-state index contributed by atoms with van der Waals surface area (Å²) in [6.07, 6.45) is 3.97. The van der Waals surface area contributed by atoms with E-state index in [4.69, 9.17) is 0 Å². The second-order valence-electron chi connectivity index (χ2n) is 5.33. The Morgan fingerprint density at radius 3 is 2.05 bits per heavy atom. The zero-order valence-corrected chi connectivity index (χ0v) is 14.7. The highest BCUT2D eigenvalue weighted by Gasteiger charge is 2.29. The summed E-state index contributed by atoms with van der Waals surface area (Å²) in [5.74, 6) is 0. The molecule has 0 bridgehead atoms. The molecule has 0 spiro atoms. The molecule has 6 heteroatoms. The lowest BCUT2D eigenvalue weighted by Gasteiger charge is -2.30. The lowest BCUT2D eigenvalue weighted by molar-refractivity contribution is 0.509. The van der Waals surface area contributed by atoms with Crippen molar-refractivity contribution in [2.75, 3.05) is 19.3 Å². The lowest BCUT2D eigenvalue weighted by Crippen LogP contribution is -2.45. The van der Waals surface area contributed by atoms with E-state index in [2.05, 4.69) is 23.9 Å². The van der Waals surface area contributed by atoms with Gasteiger partial charge in [0.05, 0.1) is 5.25 Å². The van der Waals surface area contributed by atoms with Gasteiger partial charge in [-0.15, -0.1) is 0 Å². The summed E-state index contributed by atoms with van der Waals surface area (Å²) in [5, 5.41) is 2.75. The second-order valence-corrected chi connectivity index (χ2v) is 8.79. The molecule has 19 heavy (non-hydrogen) atoms. The van der Waals surface area contributed by atoms with Gasteiger partial charge in [0, 0.05) is 23.9 Å². The van der Waals surface area contributed by atoms with Crippen molar-refractivity contribution >= 4 is 21.8 Å². The molecule has 0 aliphatic carbocycles. The van der Waals surface area contributed by atoms with E-state index in [1.165, 1.54) is 0 Å². The normalized spacial score (nSPS) is 14.9. The average molecular weight is 311 g/mol. The summed E-state index contributed by atoms with van der Waals surface area (Å²) in [7, 11) is -3.25. The van der Waals surface area contributed by atoms with Crippen LogP contribution in [0.5, 0.6) is 0 Å². The summed E-state index contributed by atoms with van der Waals surface area (Å²) < 4.78 is 27.2. The third-order valence-electron chi connectivity index (χ3n) is 3.66. The Morgan fingerprint density at radius 1 is 1.16 bits per heavy atom. The Hall–Kier alpha value is 0.220. The molecule has 0 heterocycles. The molecule has 0 aromatic carbocycles. The Kier molecular flexibility index (Phi) is 8.59. The lowest BCUT2D eigenvalue weighted by atomic mass is 10.0. The molecule has 0 fully saturated rings. The van der Waals surface area contributed by atoms with E-state index in [1.807, 2.05) is 20.1 Å². The SMILES string of the molecule is CCC(CC)(CNS(=O)(=O)C(C)CNC(C)C)SC. The number of rotatable bonds is 10. The van der Waals surface area contributed by atoms with Crippen molar-refractivity contribution in [1.82, 2.24) is 10.0 Å². The number of nitrogens with one attached hydrogen (secondary N) is 2. The summed E-state index contributed by atoms with van der Waals surface area (Å²) in [4.78, 5) is 0. The molecule has 0 saturated carbocycles. The Morgan fingerprint density at radius 2 is 1.68 bits per heavy atom. The minimum Gasteiger partial charge on any atom is -0.313 e. The van der Waals surface area contributed by atoms with Crippen LogP contribution in [0.4, 0.5) is 0 Å². The van der Waals surface area contributed by atoms with Gasteiger partial charge in [-0.1, -0.05) is 27.7 Å². The zero-order chi connectivity index (χ0) is 15.1. The van der Waals surface area contributed by atoms with E-state index in [1.54, 1.807) is 18.7 Å². The van der Waals surface area contributed by atoms with Gasteiger partial charge in [0.1, 0.15) is 0 Å². The molecule has 2 N–H and O–H groups in total. The summed E-state index contributed by atoms with van der Waals surface area (Å²) in [5.41, 5.74) is 0. The van der Waals surface area contributed by atoms with Gasteiger partial charge in [0.25, 0.3) is 0 Å². The number of hydrogen-bond acceptors (Lipinski definition) is 4. The van der Waals surface area contributed by atoms with Crippen LogP contribution >= 0.6 is 11.8 Å². The molecule has 0 rings (SSSR count). The van der Waals surface area contributed by atoms with Crippen molar-refractivity contribution in [3.8, 4) is 0 Å². The first-order valence-electron chi connectivity index (χ1n) is 7.00. The van der Waals surface area contributed by atoms with Crippen LogP contribution in [0.2, 0.25) is 0 Å². The number of sulfonamides is 1. The topological polar surface area (TPSA) is 58.2 Å². The third kappa shape index (κ3) is 6.47. The van der Waals surface area contributed by atoms with Crippen molar-refractivity contribution in [3.63, 3.8) is 0 Å². The van der Waals surface area contributed by atoms with Crippen LogP contribution in [0.25, 0.3) is 0 Å². The first-order valence-corrected chi connectivity index (χ1v) is 9.77. The highest BCUT2D eigenvalue weighted by Crippen LogP contribution is 2.29. The monoisotopic (exact) mass is 310 g/mol. The fourth-order valence-corrected chi connectivity index (χ4v) is 3.71. The van der Waals surface area contributed by atoms with E-state index in [0.717, 1.165) is 12.8 Å². The maximum absolute atomic E-state index is 12.2. The molecule has 0 saturated heterocycles. The van der Waals surface area contributed by atoms with E-state index < -0.39 is 15.3 Å². The highest BCUT2D eigenvalue weighted by molar-refractivity contribution is 8.00. The maximum atomic E-state index is 12.2. The van der Waals surface area contributed by atoms with Gasteiger partial charge in [-0.05, 0) is 26.0 Å². The minimum atomic E-state index is -3.25. The molecule has 0 radical (unpaired) electrons. The second kappa shape index (κ2) is 8.49. The Labute approximate surface area is 123 Å². The van der Waals surface area contributed by atoms with Crippen molar-refractivity contribution in [3.05, 3.63) is 0 Å². The van der Waals surface area contributed by atoms with Gasteiger partial charge in [0.15, 0.2) is 0 Å². The smallest absolute Gasteiger partial charge is 0.215 e. The van der Waals surface area contributed by atoms with Gasteiger partial charge in [-0.25, -0.2) is 13.1 Å².